The summed E-state index contributed by atoms with van der Waals surface area (Å²) in [6.45, 7) is 16.4. The van der Waals surface area contributed by atoms with E-state index in [2.05, 4.69) is 89.0 Å². The first-order chi connectivity index (χ1) is 20.2. The molecule has 42 heavy (non-hydrogen) atoms. The molecule has 0 amide bonds. The summed E-state index contributed by atoms with van der Waals surface area (Å²) in [4.78, 5) is 16.7. The lowest BCUT2D eigenvalue weighted by Crippen LogP contribution is -2.20. The number of benzene rings is 3. The quantitative estimate of drug-likeness (QED) is 0.106. The van der Waals surface area contributed by atoms with Crippen LogP contribution in [0, 0.1) is 12.8 Å². The van der Waals surface area contributed by atoms with E-state index in [4.69, 9.17) is 16.6 Å². The molecule has 0 spiro atoms. The van der Waals surface area contributed by atoms with Crippen LogP contribution in [-0.4, -0.2) is 11.6 Å². The highest BCUT2D eigenvalue weighted by Gasteiger charge is 2.12. The number of carbonyl (C=O) groups excluding carboxylic acids is 1. The molecule has 1 atom stereocenters. The van der Waals surface area contributed by atoms with Gasteiger partial charge < -0.3 is 5.32 Å². The molecule has 0 fully saturated rings. The maximum atomic E-state index is 11.8. The molecule has 0 heterocycles. The fourth-order valence-corrected chi connectivity index (χ4v) is 4.08. The Labute approximate surface area is 258 Å². The van der Waals surface area contributed by atoms with E-state index in [9.17, 15) is 4.79 Å². The second kappa shape index (κ2) is 18.5. The first kappa shape index (κ1) is 34.3. The van der Waals surface area contributed by atoms with Crippen LogP contribution in [0.4, 0.5) is 5.69 Å². The van der Waals surface area contributed by atoms with Crippen molar-refractivity contribution < 1.29 is 4.79 Å². The smallest absolute Gasteiger partial charge is 0.162 e. The van der Waals surface area contributed by atoms with E-state index >= 15 is 0 Å². The Morgan fingerprint density at radius 3 is 2.19 bits per heavy atom. The van der Waals surface area contributed by atoms with E-state index in [1.807, 2.05) is 61.5 Å². The van der Waals surface area contributed by atoms with Gasteiger partial charge in [0.25, 0.3) is 0 Å². The van der Waals surface area contributed by atoms with Crippen molar-refractivity contribution in [3.05, 3.63) is 137 Å². The van der Waals surface area contributed by atoms with Crippen molar-refractivity contribution in [3.8, 4) is 0 Å². The van der Waals surface area contributed by atoms with Crippen LogP contribution in [0.3, 0.4) is 0 Å². The summed E-state index contributed by atoms with van der Waals surface area (Å²) in [5.74, 6) is 1.24. The van der Waals surface area contributed by atoms with Crippen LogP contribution in [0.15, 0.2) is 114 Å². The molecular weight excluding hydrogens is 536 g/mol. The summed E-state index contributed by atoms with van der Waals surface area (Å²) >= 11 is 6.01. The number of ketones is 1. The minimum absolute atomic E-state index is 0.140. The molecule has 4 heteroatoms. The first-order valence-electron chi connectivity index (χ1n) is 14.7. The summed E-state index contributed by atoms with van der Waals surface area (Å²) < 4.78 is 0. The fraction of sp³-hybridized carbons (Fsp3) is 0.263. The highest BCUT2D eigenvalue weighted by atomic mass is 35.5. The Kier molecular flexibility index (Phi) is 15.1. The Bertz CT molecular complexity index is 1410. The molecule has 0 radical (unpaired) electrons. The lowest BCUT2D eigenvalue weighted by molar-refractivity contribution is 0.0988. The second-order valence-corrected chi connectivity index (χ2v) is 10.6. The van der Waals surface area contributed by atoms with Gasteiger partial charge in [0.1, 0.15) is 5.84 Å². The number of Topliss-reactive ketones (excluding diaryl/α,β-unsaturated/α-hetero) is 1. The van der Waals surface area contributed by atoms with Crippen molar-refractivity contribution in [1.82, 2.24) is 0 Å². The molecule has 0 aliphatic rings. The molecule has 3 nitrogen and oxygen atoms in total. The number of nitrogens with one attached hydrogen (secondary N) is 1. The highest BCUT2D eigenvalue weighted by molar-refractivity contribution is 6.30. The van der Waals surface area contributed by atoms with Crippen molar-refractivity contribution in [3.63, 3.8) is 0 Å². The van der Waals surface area contributed by atoms with Crippen LogP contribution in [-0.2, 0) is 0 Å². The third-order valence-electron chi connectivity index (χ3n) is 6.72. The lowest BCUT2D eigenvalue weighted by Gasteiger charge is -2.17. The first-order valence-corrected chi connectivity index (χ1v) is 15.1. The van der Waals surface area contributed by atoms with Gasteiger partial charge in [-0.3, -0.25) is 4.79 Å². The van der Waals surface area contributed by atoms with Gasteiger partial charge in [0.05, 0.1) is 5.70 Å². The fourth-order valence-electron chi connectivity index (χ4n) is 3.95. The number of hydrogen-bond donors (Lipinski definition) is 1. The second-order valence-electron chi connectivity index (χ2n) is 10.1. The predicted octanol–water partition coefficient (Wildman–Crippen LogP) is 11.4. The van der Waals surface area contributed by atoms with E-state index in [0.29, 0.717) is 11.4 Å². The molecule has 0 aliphatic heterocycles. The average molecular weight is 581 g/mol. The normalized spacial score (nSPS) is 12.9. The van der Waals surface area contributed by atoms with Crippen molar-refractivity contribution in [1.29, 1.82) is 0 Å². The number of carbonyl (C=O) groups is 1. The Hall–Kier alpha value is -3.95. The largest absolute Gasteiger partial charge is 0.344 e. The molecule has 3 aromatic carbocycles. The van der Waals surface area contributed by atoms with Crippen LogP contribution < -0.4 is 5.32 Å². The molecule has 0 aliphatic carbocycles. The number of halogens is 1. The van der Waals surface area contributed by atoms with E-state index in [1.54, 1.807) is 6.08 Å². The van der Waals surface area contributed by atoms with Crippen LogP contribution in [0.1, 0.15) is 80.9 Å². The number of anilines is 1. The number of aliphatic imine (C=N–C) groups is 1. The number of allylic oxidation sites excluding steroid dienone is 5. The predicted molar refractivity (Wildman–Crippen MR) is 185 cm³/mol. The summed E-state index contributed by atoms with van der Waals surface area (Å²) in [5.41, 5.74) is 7.36. The summed E-state index contributed by atoms with van der Waals surface area (Å²) in [5, 5.41) is 4.11. The summed E-state index contributed by atoms with van der Waals surface area (Å²) in [6.07, 6.45) is 12.7. The molecule has 0 saturated carbocycles. The van der Waals surface area contributed by atoms with Crippen LogP contribution in [0.2, 0.25) is 5.02 Å². The maximum Gasteiger partial charge on any atom is 0.162 e. The average Bonchev–Trinajstić information content (AvgIpc) is 3.00. The molecule has 3 aromatic rings. The molecule has 1 N–H and O–H groups in total. The number of rotatable bonds is 11. The zero-order valence-corrected chi connectivity index (χ0v) is 26.7. The topological polar surface area (TPSA) is 41.5 Å². The van der Waals surface area contributed by atoms with Gasteiger partial charge in [0.2, 0.25) is 0 Å². The zero-order valence-electron chi connectivity index (χ0n) is 26.0. The van der Waals surface area contributed by atoms with Gasteiger partial charge in [-0.25, -0.2) is 4.99 Å². The van der Waals surface area contributed by atoms with Crippen molar-refractivity contribution >= 4 is 40.7 Å². The Balaban J connectivity index is 0.000000369. The minimum Gasteiger partial charge on any atom is -0.344 e. The van der Waals surface area contributed by atoms with Crippen molar-refractivity contribution in [2.75, 3.05) is 5.32 Å². The van der Waals surface area contributed by atoms with Crippen LogP contribution in [0.25, 0.3) is 11.8 Å². The summed E-state index contributed by atoms with van der Waals surface area (Å²) in [7, 11) is 0. The standard InChI is InChI=1S/C24H27ClN2O.C14H18/c1-5-8-22(18-9-13-20(25)14-10-18)27-24(17(4)6-2)26-21-15-11-19(12-16-21)23(28)7-3;1-4-5-8-12(2)11-14-10-7-6-9-13(14)3/h5,8-17H,1,6-7H2,2-4H3,(H,26,27);5-11H,4H2,1-3H3/b22-8-;8-5+,12-11-. The number of hydrogen-bond acceptors (Lipinski definition) is 2. The molecule has 0 aromatic heterocycles. The Morgan fingerprint density at radius 2 is 1.62 bits per heavy atom. The number of nitrogens with zero attached hydrogens (tertiary/aromatic N) is 1. The van der Waals surface area contributed by atoms with Crippen molar-refractivity contribution in [2.45, 2.75) is 60.8 Å². The zero-order chi connectivity index (χ0) is 30.9. The third kappa shape index (κ3) is 11.5. The van der Waals surface area contributed by atoms with E-state index in [0.717, 1.165) is 41.2 Å². The highest BCUT2D eigenvalue weighted by Crippen LogP contribution is 2.22. The van der Waals surface area contributed by atoms with Crippen molar-refractivity contribution in [2.24, 2.45) is 10.9 Å². The van der Waals surface area contributed by atoms with Gasteiger partial charge >= 0.3 is 0 Å². The molecular formula is C38H45ClN2O. The van der Waals surface area contributed by atoms with Gasteiger partial charge in [-0.1, -0.05) is 112 Å². The number of amidine groups is 1. The monoisotopic (exact) mass is 580 g/mol. The van der Waals surface area contributed by atoms with E-state index in [-0.39, 0.29) is 11.7 Å². The van der Waals surface area contributed by atoms with Gasteiger partial charge in [-0.2, -0.15) is 0 Å². The molecule has 220 valence electrons. The molecule has 0 saturated heterocycles. The van der Waals surface area contributed by atoms with Crippen LogP contribution in [0.5, 0.6) is 0 Å². The van der Waals surface area contributed by atoms with E-state index in [1.165, 1.54) is 16.7 Å². The van der Waals surface area contributed by atoms with Crippen LogP contribution >= 0.6 is 11.6 Å². The maximum absolute atomic E-state index is 11.8. The van der Waals surface area contributed by atoms with E-state index < -0.39 is 0 Å². The molecule has 1 unspecified atom stereocenters. The van der Waals surface area contributed by atoms with Gasteiger partial charge in [0.15, 0.2) is 5.78 Å². The summed E-state index contributed by atoms with van der Waals surface area (Å²) in [6, 6.07) is 23.6. The van der Waals surface area contributed by atoms with Gasteiger partial charge in [-0.05, 0) is 80.3 Å². The molecule has 3 rings (SSSR count). The number of aryl methyl sites for hydroxylation is 1. The lowest BCUT2D eigenvalue weighted by atomic mass is 10.1. The third-order valence-corrected chi connectivity index (χ3v) is 6.98. The minimum atomic E-state index is 0.140. The Morgan fingerprint density at radius 1 is 0.976 bits per heavy atom. The van der Waals surface area contributed by atoms with Gasteiger partial charge in [0, 0.05) is 34.2 Å². The van der Waals surface area contributed by atoms with Gasteiger partial charge in [-0.15, -0.1) is 0 Å². The molecule has 0 bridgehead atoms. The SMILES string of the molecule is C=C/C=C(\N=C(Nc1ccc(C(=O)CC)cc1)C(C)CC)c1ccc(Cl)cc1.CC/C=C/C(C)=C\c1ccccc1C.